The molecule has 4 nitrogen and oxygen atoms in total. The molecule has 0 aromatic carbocycles. The first-order chi connectivity index (χ1) is 7.73. The molecule has 1 saturated carbocycles. The Bertz CT molecular complexity index is 315. The number of nitrogens with zero attached hydrogens (tertiary/aromatic N) is 2. The van der Waals surface area contributed by atoms with Crippen LogP contribution in [0.15, 0.2) is 0 Å². The number of amides is 1. The lowest BCUT2D eigenvalue weighted by molar-refractivity contribution is -0.140. The topological polar surface area (TPSA) is 64.3 Å². The van der Waals surface area contributed by atoms with Crippen LogP contribution in [0.3, 0.4) is 0 Å². The molecule has 1 unspecified atom stereocenters. The van der Waals surface area contributed by atoms with Gasteiger partial charge in [-0.25, -0.2) is 0 Å². The fourth-order valence-electron chi connectivity index (χ4n) is 2.92. The van der Waals surface area contributed by atoms with Gasteiger partial charge in [0.05, 0.1) is 18.7 Å². The third-order valence-electron chi connectivity index (χ3n) is 3.93. The van der Waals surface area contributed by atoms with Crippen molar-refractivity contribution in [2.24, 2.45) is 5.41 Å². The van der Waals surface area contributed by atoms with E-state index >= 15 is 0 Å². The first-order valence-corrected chi connectivity index (χ1v) is 6.07. The van der Waals surface area contributed by atoms with Gasteiger partial charge in [0.25, 0.3) is 0 Å². The zero-order valence-electron chi connectivity index (χ0n) is 9.48. The van der Waals surface area contributed by atoms with Crippen molar-refractivity contribution in [3.63, 3.8) is 0 Å². The maximum Gasteiger partial charge on any atom is 0.243 e. The minimum atomic E-state index is -0.780. The van der Waals surface area contributed by atoms with Crippen LogP contribution in [-0.4, -0.2) is 35.1 Å². The number of carbonyl (C=O) groups is 1. The Labute approximate surface area is 95.9 Å². The Balaban J connectivity index is 2.14. The molecule has 0 aromatic rings. The van der Waals surface area contributed by atoms with E-state index in [1.807, 2.05) is 0 Å². The van der Waals surface area contributed by atoms with Crippen molar-refractivity contribution in [2.75, 3.05) is 13.2 Å². The van der Waals surface area contributed by atoms with Gasteiger partial charge in [-0.2, -0.15) is 5.26 Å². The molecule has 1 atom stereocenters. The van der Waals surface area contributed by atoms with Crippen LogP contribution in [0.5, 0.6) is 0 Å². The van der Waals surface area contributed by atoms with Gasteiger partial charge in [0.2, 0.25) is 5.91 Å². The number of hydrogen-bond acceptors (Lipinski definition) is 3. The van der Waals surface area contributed by atoms with Crippen LogP contribution in [-0.2, 0) is 4.79 Å². The van der Waals surface area contributed by atoms with E-state index < -0.39 is 5.41 Å². The van der Waals surface area contributed by atoms with Crippen molar-refractivity contribution in [1.82, 2.24) is 4.90 Å². The molecule has 0 radical (unpaired) electrons. The van der Waals surface area contributed by atoms with E-state index in [9.17, 15) is 15.2 Å². The Kier molecular flexibility index (Phi) is 3.15. The van der Waals surface area contributed by atoms with E-state index in [1.54, 1.807) is 4.90 Å². The highest BCUT2D eigenvalue weighted by molar-refractivity contribution is 5.86. The fraction of sp³-hybridized carbons (Fsp3) is 0.833. The maximum absolute atomic E-state index is 12.4. The summed E-state index contributed by atoms with van der Waals surface area (Å²) in [6, 6.07) is 2.17. The smallest absolute Gasteiger partial charge is 0.243 e. The number of hydrogen-bond donors (Lipinski definition) is 1. The van der Waals surface area contributed by atoms with Crippen LogP contribution in [0, 0.1) is 16.7 Å². The van der Waals surface area contributed by atoms with Crippen molar-refractivity contribution in [2.45, 2.75) is 44.6 Å². The van der Waals surface area contributed by atoms with Gasteiger partial charge in [0.1, 0.15) is 5.41 Å². The van der Waals surface area contributed by atoms with Gasteiger partial charge in [0, 0.05) is 6.54 Å². The summed E-state index contributed by atoms with van der Waals surface area (Å²) in [4.78, 5) is 14.1. The van der Waals surface area contributed by atoms with E-state index in [4.69, 9.17) is 0 Å². The predicted octanol–water partition coefficient (Wildman–Crippen LogP) is 1.05. The quantitative estimate of drug-likeness (QED) is 0.759. The molecule has 88 valence electrons. The van der Waals surface area contributed by atoms with E-state index in [0.717, 1.165) is 25.7 Å². The van der Waals surface area contributed by atoms with E-state index in [-0.39, 0.29) is 18.6 Å². The minimum Gasteiger partial charge on any atom is -0.394 e. The summed E-state index contributed by atoms with van der Waals surface area (Å²) in [6.07, 6.45) is 5.13. The second-order valence-corrected chi connectivity index (χ2v) is 4.88. The number of likely N-dealkylation sites (tertiary alicyclic amines) is 1. The molecule has 0 spiro atoms. The first kappa shape index (κ1) is 11.4. The lowest BCUT2D eigenvalue weighted by Crippen LogP contribution is -2.45. The Morgan fingerprint density at radius 2 is 2.12 bits per heavy atom. The second-order valence-electron chi connectivity index (χ2n) is 4.88. The van der Waals surface area contributed by atoms with Gasteiger partial charge in [-0.1, -0.05) is 12.8 Å². The molecule has 1 N–H and O–H groups in total. The van der Waals surface area contributed by atoms with Crippen LogP contribution >= 0.6 is 0 Å². The number of aliphatic hydroxyl groups excluding tert-OH is 1. The zero-order valence-corrected chi connectivity index (χ0v) is 9.48. The van der Waals surface area contributed by atoms with Gasteiger partial charge in [-0.05, 0) is 25.7 Å². The number of carbonyl (C=O) groups excluding carboxylic acids is 1. The number of rotatable bonds is 2. The lowest BCUT2D eigenvalue weighted by Gasteiger charge is -2.30. The van der Waals surface area contributed by atoms with Gasteiger partial charge in [-0.3, -0.25) is 4.79 Å². The van der Waals surface area contributed by atoms with Crippen molar-refractivity contribution in [3.05, 3.63) is 0 Å². The van der Waals surface area contributed by atoms with Crippen LogP contribution in [0.2, 0.25) is 0 Å². The van der Waals surface area contributed by atoms with Crippen molar-refractivity contribution < 1.29 is 9.90 Å². The average Bonchev–Trinajstić information content (AvgIpc) is 2.97. The molecule has 1 amide bonds. The molecule has 1 aliphatic heterocycles. The highest BCUT2D eigenvalue weighted by Crippen LogP contribution is 2.40. The summed E-state index contributed by atoms with van der Waals surface area (Å²) < 4.78 is 0. The summed E-state index contributed by atoms with van der Waals surface area (Å²) in [5.74, 6) is -0.0379. The largest absolute Gasteiger partial charge is 0.394 e. The highest BCUT2D eigenvalue weighted by atomic mass is 16.3. The third-order valence-corrected chi connectivity index (χ3v) is 3.93. The maximum atomic E-state index is 12.4. The molecular weight excluding hydrogens is 204 g/mol. The molecule has 4 heteroatoms. The second kappa shape index (κ2) is 4.42. The SMILES string of the molecule is N#CC1(C(=O)N2CCCC2CO)CCCC1. The van der Waals surface area contributed by atoms with Crippen LogP contribution in [0.1, 0.15) is 38.5 Å². The van der Waals surface area contributed by atoms with Crippen LogP contribution in [0.4, 0.5) is 0 Å². The molecule has 1 saturated heterocycles. The van der Waals surface area contributed by atoms with Gasteiger partial charge in [-0.15, -0.1) is 0 Å². The number of nitriles is 1. The fourth-order valence-corrected chi connectivity index (χ4v) is 2.92. The van der Waals surface area contributed by atoms with E-state index in [1.165, 1.54) is 0 Å². The lowest BCUT2D eigenvalue weighted by atomic mass is 9.86. The van der Waals surface area contributed by atoms with Crippen molar-refractivity contribution in [3.8, 4) is 6.07 Å². The molecule has 0 bridgehead atoms. The molecule has 2 fully saturated rings. The molecule has 1 heterocycles. The monoisotopic (exact) mass is 222 g/mol. The number of aliphatic hydroxyl groups is 1. The van der Waals surface area contributed by atoms with Crippen LogP contribution < -0.4 is 0 Å². The minimum absolute atomic E-state index is 0.0211. The van der Waals surface area contributed by atoms with E-state index in [2.05, 4.69) is 6.07 Å². The molecule has 2 aliphatic rings. The summed E-state index contributed by atoms with van der Waals surface area (Å²) in [7, 11) is 0. The molecule has 0 aromatic heterocycles. The average molecular weight is 222 g/mol. The van der Waals surface area contributed by atoms with Crippen molar-refractivity contribution in [1.29, 1.82) is 5.26 Å². The zero-order chi connectivity index (χ0) is 11.6. The first-order valence-electron chi connectivity index (χ1n) is 6.07. The summed E-state index contributed by atoms with van der Waals surface area (Å²) in [5.41, 5.74) is -0.780. The van der Waals surface area contributed by atoms with E-state index in [0.29, 0.717) is 19.4 Å². The Morgan fingerprint density at radius 3 is 2.69 bits per heavy atom. The summed E-state index contributed by atoms with van der Waals surface area (Å²) >= 11 is 0. The molecule has 16 heavy (non-hydrogen) atoms. The normalized spacial score (nSPS) is 28.0. The van der Waals surface area contributed by atoms with Gasteiger partial charge in [0.15, 0.2) is 0 Å². The van der Waals surface area contributed by atoms with Crippen molar-refractivity contribution >= 4 is 5.91 Å². The van der Waals surface area contributed by atoms with Crippen LogP contribution in [0.25, 0.3) is 0 Å². The Morgan fingerprint density at radius 1 is 1.44 bits per heavy atom. The molecule has 1 aliphatic carbocycles. The van der Waals surface area contributed by atoms with Gasteiger partial charge < -0.3 is 10.0 Å². The third kappa shape index (κ3) is 1.69. The standard InChI is InChI=1S/C12H18N2O2/c13-9-12(5-1-2-6-12)11(16)14-7-3-4-10(14)8-15/h10,15H,1-8H2. The van der Waals surface area contributed by atoms with Gasteiger partial charge >= 0.3 is 0 Å². The molecular formula is C12H18N2O2. The predicted molar refractivity (Wildman–Crippen MR) is 58.3 cm³/mol. The Hall–Kier alpha value is -1.08. The summed E-state index contributed by atoms with van der Waals surface area (Å²) in [6.45, 7) is 0.723. The highest BCUT2D eigenvalue weighted by Gasteiger charge is 2.46. The summed E-state index contributed by atoms with van der Waals surface area (Å²) in [5, 5.41) is 18.5. The molecule has 2 rings (SSSR count).